The molecular formula is C19H25N3O3. The van der Waals surface area contributed by atoms with Crippen LogP contribution in [0.25, 0.3) is 0 Å². The lowest BCUT2D eigenvalue weighted by Gasteiger charge is -2.36. The summed E-state index contributed by atoms with van der Waals surface area (Å²) >= 11 is 0. The molecule has 0 N–H and O–H groups in total. The lowest BCUT2D eigenvalue weighted by molar-refractivity contribution is -0.133. The monoisotopic (exact) mass is 343 g/mol. The molecule has 3 amide bonds. The van der Waals surface area contributed by atoms with Crippen molar-refractivity contribution in [3.8, 4) is 0 Å². The van der Waals surface area contributed by atoms with E-state index in [1.807, 2.05) is 4.90 Å². The SMILES string of the molecule is CC1CC(C)CN(C(=O)CN2C(=O)CN(C)C(=O)c3ccccc32)C1. The molecule has 6 heteroatoms. The minimum absolute atomic E-state index is 0.0175. The molecule has 0 aliphatic carbocycles. The maximum absolute atomic E-state index is 12.8. The lowest BCUT2D eigenvalue weighted by Crippen LogP contribution is -2.49. The first-order valence-corrected chi connectivity index (χ1v) is 8.79. The summed E-state index contributed by atoms with van der Waals surface area (Å²) in [5, 5.41) is 0. The number of nitrogens with zero attached hydrogens (tertiary/aromatic N) is 3. The van der Waals surface area contributed by atoms with E-state index < -0.39 is 0 Å². The van der Waals surface area contributed by atoms with E-state index in [4.69, 9.17) is 0 Å². The fourth-order valence-electron chi connectivity index (χ4n) is 3.87. The van der Waals surface area contributed by atoms with E-state index in [9.17, 15) is 14.4 Å². The predicted molar refractivity (Wildman–Crippen MR) is 95.3 cm³/mol. The molecule has 0 bridgehead atoms. The van der Waals surface area contributed by atoms with Gasteiger partial charge in [0.1, 0.15) is 13.1 Å². The number of likely N-dealkylation sites (N-methyl/N-ethyl adjacent to an activating group) is 1. The third-order valence-corrected chi connectivity index (χ3v) is 4.96. The molecule has 2 aliphatic rings. The largest absolute Gasteiger partial charge is 0.341 e. The number of anilines is 1. The highest BCUT2D eigenvalue weighted by atomic mass is 16.2. The van der Waals surface area contributed by atoms with E-state index in [-0.39, 0.29) is 30.8 Å². The highest BCUT2D eigenvalue weighted by Gasteiger charge is 2.33. The normalized spacial score (nSPS) is 24.2. The van der Waals surface area contributed by atoms with Crippen molar-refractivity contribution in [2.45, 2.75) is 20.3 Å². The molecule has 1 fully saturated rings. The molecule has 0 radical (unpaired) electrons. The van der Waals surface area contributed by atoms with E-state index in [0.29, 0.717) is 23.1 Å². The maximum Gasteiger partial charge on any atom is 0.256 e. The number of likely N-dealkylation sites (tertiary alicyclic amines) is 1. The van der Waals surface area contributed by atoms with Crippen molar-refractivity contribution in [2.75, 3.05) is 38.1 Å². The van der Waals surface area contributed by atoms with Gasteiger partial charge >= 0.3 is 0 Å². The van der Waals surface area contributed by atoms with Crippen molar-refractivity contribution in [1.29, 1.82) is 0 Å². The molecule has 1 aromatic carbocycles. The summed E-state index contributed by atoms with van der Waals surface area (Å²) in [7, 11) is 1.61. The first kappa shape index (κ1) is 17.5. The van der Waals surface area contributed by atoms with Crippen LogP contribution in [0.5, 0.6) is 0 Å². The first-order valence-electron chi connectivity index (χ1n) is 8.79. The van der Waals surface area contributed by atoms with Crippen LogP contribution in [0.2, 0.25) is 0 Å². The predicted octanol–water partition coefficient (Wildman–Crippen LogP) is 1.61. The zero-order valence-electron chi connectivity index (χ0n) is 15.1. The second-order valence-electron chi connectivity index (χ2n) is 7.40. The van der Waals surface area contributed by atoms with Crippen LogP contribution in [-0.2, 0) is 9.59 Å². The summed E-state index contributed by atoms with van der Waals surface area (Å²) in [6.07, 6.45) is 1.12. The Labute approximate surface area is 148 Å². The van der Waals surface area contributed by atoms with Crippen molar-refractivity contribution < 1.29 is 14.4 Å². The van der Waals surface area contributed by atoms with E-state index in [1.54, 1.807) is 31.3 Å². The molecule has 2 atom stereocenters. The highest BCUT2D eigenvalue weighted by Crippen LogP contribution is 2.26. The van der Waals surface area contributed by atoms with E-state index >= 15 is 0 Å². The molecule has 2 unspecified atom stereocenters. The summed E-state index contributed by atoms with van der Waals surface area (Å²) in [4.78, 5) is 42.6. The van der Waals surface area contributed by atoms with Gasteiger partial charge in [-0.25, -0.2) is 0 Å². The Kier molecular flexibility index (Phi) is 4.79. The van der Waals surface area contributed by atoms with Gasteiger partial charge in [-0.3, -0.25) is 14.4 Å². The van der Waals surface area contributed by atoms with Gasteiger partial charge in [0.2, 0.25) is 11.8 Å². The van der Waals surface area contributed by atoms with Crippen LogP contribution >= 0.6 is 0 Å². The second kappa shape index (κ2) is 6.86. The Morgan fingerprint density at radius 3 is 2.44 bits per heavy atom. The van der Waals surface area contributed by atoms with Gasteiger partial charge in [-0.2, -0.15) is 0 Å². The van der Waals surface area contributed by atoms with Gasteiger partial charge in [-0.1, -0.05) is 26.0 Å². The van der Waals surface area contributed by atoms with Crippen molar-refractivity contribution >= 4 is 23.4 Å². The number of para-hydroxylation sites is 1. The molecule has 25 heavy (non-hydrogen) atoms. The van der Waals surface area contributed by atoms with Crippen molar-refractivity contribution in [2.24, 2.45) is 11.8 Å². The summed E-state index contributed by atoms with van der Waals surface area (Å²) in [6, 6.07) is 7.00. The topological polar surface area (TPSA) is 60.9 Å². The number of fused-ring (bicyclic) bond motifs is 1. The Hall–Kier alpha value is -2.37. The van der Waals surface area contributed by atoms with Gasteiger partial charge < -0.3 is 14.7 Å². The van der Waals surface area contributed by atoms with E-state index in [1.165, 1.54) is 9.80 Å². The lowest BCUT2D eigenvalue weighted by atomic mass is 9.92. The molecule has 6 nitrogen and oxygen atoms in total. The van der Waals surface area contributed by atoms with Crippen molar-refractivity contribution in [3.63, 3.8) is 0 Å². The fraction of sp³-hybridized carbons (Fsp3) is 0.526. The Morgan fingerprint density at radius 2 is 1.76 bits per heavy atom. The summed E-state index contributed by atoms with van der Waals surface area (Å²) in [6.45, 7) is 5.72. The molecule has 1 aromatic rings. The zero-order valence-corrected chi connectivity index (χ0v) is 15.1. The molecule has 1 saturated heterocycles. The van der Waals surface area contributed by atoms with Crippen LogP contribution in [0.1, 0.15) is 30.6 Å². The second-order valence-corrected chi connectivity index (χ2v) is 7.40. The third kappa shape index (κ3) is 3.52. The number of amides is 3. The van der Waals surface area contributed by atoms with Crippen LogP contribution in [0.15, 0.2) is 24.3 Å². The molecule has 2 aliphatic heterocycles. The van der Waals surface area contributed by atoms with Gasteiger partial charge in [0.15, 0.2) is 0 Å². The summed E-state index contributed by atoms with van der Waals surface area (Å²) in [5.74, 6) is 0.449. The maximum atomic E-state index is 12.8. The third-order valence-electron chi connectivity index (χ3n) is 4.96. The average Bonchev–Trinajstić information content (AvgIpc) is 2.65. The summed E-state index contributed by atoms with van der Waals surface area (Å²) < 4.78 is 0. The molecule has 0 spiro atoms. The van der Waals surface area contributed by atoms with Gasteiger partial charge in [-0.15, -0.1) is 0 Å². The van der Waals surface area contributed by atoms with Gasteiger partial charge in [-0.05, 0) is 30.4 Å². The zero-order chi connectivity index (χ0) is 18.1. The van der Waals surface area contributed by atoms with Crippen molar-refractivity contribution in [3.05, 3.63) is 29.8 Å². The quantitative estimate of drug-likeness (QED) is 0.820. The number of hydrogen-bond acceptors (Lipinski definition) is 3. The van der Waals surface area contributed by atoms with Crippen LogP contribution in [0.3, 0.4) is 0 Å². The number of hydrogen-bond donors (Lipinski definition) is 0. The molecule has 3 rings (SSSR count). The number of carbonyl (C=O) groups is 3. The smallest absolute Gasteiger partial charge is 0.256 e. The molecular weight excluding hydrogens is 318 g/mol. The van der Waals surface area contributed by atoms with Crippen LogP contribution in [-0.4, -0.2) is 60.7 Å². The first-order chi connectivity index (χ1) is 11.9. The molecule has 0 saturated carbocycles. The van der Waals surface area contributed by atoms with Crippen molar-refractivity contribution in [1.82, 2.24) is 9.80 Å². The number of benzene rings is 1. The molecule has 2 heterocycles. The van der Waals surface area contributed by atoms with Crippen LogP contribution < -0.4 is 4.90 Å². The van der Waals surface area contributed by atoms with Gasteiger partial charge in [0, 0.05) is 20.1 Å². The Morgan fingerprint density at radius 1 is 1.12 bits per heavy atom. The average molecular weight is 343 g/mol. The number of carbonyl (C=O) groups excluding carboxylic acids is 3. The fourth-order valence-corrected chi connectivity index (χ4v) is 3.87. The minimum Gasteiger partial charge on any atom is -0.341 e. The Balaban J connectivity index is 1.85. The van der Waals surface area contributed by atoms with Crippen LogP contribution in [0, 0.1) is 11.8 Å². The van der Waals surface area contributed by atoms with Gasteiger partial charge in [0.05, 0.1) is 11.3 Å². The standard InChI is InChI=1S/C19H25N3O3/c1-13-8-14(2)10-21(9-13)17(23)12-22-16-7-5-4-6-15(16)19(25)20(3)11-18(22)24/h4-7,13-14H,8-12H2,1-3H3. The number of piperidine rings is 1. The molecule has 0 aromatic heterocycles. The highest BCUT2D eigenvalue weighted by molar-refractivity contribution is 6.11. The Bertz CT molecular complexity index is 693. The number of rotatable bonds is 2. The summed E-state index contributed by atoms with van der Waals surface area (Å²) in [5.41, 5.74) is 0.984. The van der Waals surface area contributed by atoms with Crippen LogP contribution in [0.4, 0.5) is 5.69 Å². The van der Waals surface area contributed by atoms with E-state index in [2.05, 4.69) is 13.8 Å². The molecule has 134 valence electrons. The minimum atomic E-state index is -0.229. The van der Waals surface area contributed by atoms with E-state index in [0.717, 1.165) is 19.5 Å². The van der Waals surface area contributed by atoms with Gasteiger partial charge in [0.25, 0.3) is 5.91 Å².